The van der Waals surface area contributed by atoms with Gasteiger partial charge >= 0.3 is 5.97 Å². The van der Waals surface area contributed by atoms with E-state index in [2.05, 4.69) is 0 Å². The van der Waals surface area contributed by atoms with Gasteiger partial charge in [-0.25, -0.2) is 0 Å². The third-order valence-corrected chi connectivity index (χ3v) is 6.81. The maximum absolute atomic E-state index is 13.0. The summed E-state index contributed by atoms with van der Waals surface area (Å²) in [5, 5.41) is 71.6. The van der Waals surface area contributed by atoms with E-state index in [0.29, 0.717) is 6.42 Å². The van der Waals surface area contributed by atoms with Crippen LogP contribution in [0.4, 0.5) is 0 Å². The molecule has 1 saturated heterocycles. The van der Waals surface area contributed by atoms with Crippen molar-refractivity contribution in [1.29, 1.82) is 0 Å². The highest BCUT2D eigenvalue weighted by Gasteiger charge is 2.46. The minimum atomic E-state index is -1.82. The van der Waals surface area contributed by atoms with E-state index in [9.17, 15) is 45.3 Å². The third kappa shape index (κ3) is 5.54. The van der Waals surface area contributed by atoms with Crippen LogP contribution in [0.1, 0.15) is 20.3 Å². The van der Waals surface area contributed by atoms with Crippen LogP contribution in [0.3, 0.4) is 0 Å². The molecule has 0 bridgehead atoms. The average Bonchev–Trinajstić information content (AvgIpc) is 2.95. The lowest BCUT2D eigenvalue weighted by Gasteiger charge is -2.40. The molecule has 14 nitrogen and oxygen atoms in total. The van der Waals surface area contributed by atoms with Gasteiger partial charge in [-0.1, -0.05) is 13.8 Å². The Balaban J connectivity index is 1.72. The minimum absolute atomic E-state index is 0.00695. The van der Waals surface area contributed by atoms with Crippen molar-refractivity contribution in [2.45, 2.75) is 51.0 Å². The number of fused-ring (bicyclic) bond motifs is 1. The molecule has 1 aromatic heterocycles. The van der Waals surface area contributed by atoms with Crippen molar-refractivity contribution in [3.63, 3.8) is 0 Å². The van der Waals surface area contributed by atoms with Crippen LogP contribution in [0.25, 0.3) is 22.3 Å². The summed E-state index contributed by atoms with van der Waals surface area (Å²) in [6, 6.07) is 4.48. The second kappa shape index (κ2) is 11.7. The summed E-state index contributed by atoms with van der Waals surface area (Å²) in [5.74, 6) is -4.87. The topological polar surface area (TPSA) is 226 Å². The molecule has 0 spiro atoms. The summed E-state index contributed by atoms with van der Waals surface area (Å²) in [7, 11) is 1.14. The van der Waals surface area contributed by atoms with Gasteiger partial charge in [-0.3, -0.25) is 9.59 Å². The first kappa shape index (κ1) is 29.7. The van der Waals surface area contributed by atoms with Crippen LogP contribution in [0.2, 0.25) is 0 Å². The molecule has 4 rings (SSSR count). The molecular formula is C27H30O14. The Labute approximate surface area is 232 Å². The number of aliphatic hydroxyl groups excluding tert-OH is 3. The molecule has 41 heavy (non-hydrogen) atoms. The van der Waals surface area contributed by atoms with E-state index in [4.69, 9.17) is 23.4 Å². The maximum Gasteiger partial charge on any atom is 0.308 e. The maximum atomic E-state index is 13.0. The molecular weight excluding hydrogens is 548 g/mol. The molecule has 0 aliphatic carbocycles. The molecule has 14 heteroatoms. The summed E-state index contributed by atoms with van der Waals surface area (Å²) in [4.78, 5) is 25.1. The Bertz CT molecular complexity index is 1500. The number of carbonyl (C=O) groups is 1. The Morgan fingerprint density at radius 2 is 1.71 bits per heavy atom. The summed E-state index contributed by atoms with van der Waals surface area (Å²) >= 11 is 0. The van der Waals surface area contributed by atoms with Gasteiger partial charge < -0.3 is 59.1 Å². The van der Waals surface area contributed by atoms with Crippen LogP contribution in [0, 0.1) is 5.92 Å². The fraction of sp³-hybridized carbons (Fsp3) is 0.407. The van der Waals surface area contributed by atoms with E-state index >= 15 is 0 Å². The molecule has 0 amide bonds. The van der Waals surface area contributed by atoms with Crippen LogP contribution >= 0.6 is 0 Å². The number of esters is 1. The van der Waals surface area contributed by atoms with Gasteiger partial charge in [0.1, 0.15) is 42.0 Å². The SMILES string of the molecule is CC[C@H](C)C(=O)OC[C@@H]1O[C@@H](Oc2cc3oc(-c4ccc(O)c(O)c4)c(O)c(=O)c3c(O)c2OC)[C@H](O)[C@@H](O)[C@@H]1O. The largest absolute Gasteiger partial charge is 0.504 e. The number of aromatic hydroxyl groups is 4. The number of aliphatic hydroxyl groups is 3. The molecule has 0 unspecified atom stereocenters. The predicted octanol–water partition coefficient (Wildman–Crippen LogP) is 1.07. The fourth-order valence-corrected chi connectivity index (χ4v) is 4.18. The second-order valence-corrected chi connectivity index (χ2v) is 9.51. The second-order valence-electron chi connectivity index (χ2n) is 9.51. The monoisotopic (exact) mass is 578 g/mol. The van der Waals surface area contributed by atoms with Crippen molar-refractivity contribution in [2.24, 2.45) is 5.92 Å². The summed E-state index contributed by atoms with van der Waals surface area (Å²) in [6.45, 7) is 2.97. The molecule has 222 valence electrons. The quantitative estimate of drug-likeness (QED) is 0.147. The standard InChI is InChI=1S/C27H30O14/c1-4-10(2)26(36)38-9-16-18(30)21(33)23(35)27(41-16)40-15-8-14-17(20(32)25(15)37-3)19(31)22(34)24(39-14)11-5-6-12(28)13(29)7-11/h5-8,10,16,18,21,23,27-30,32-35H,4,9H2,1-3H3/t10-,16-,18+,21-,23+,27+/m0/s1. The fourth-order valence-electron chi connectivity index (χ4n) is 4.18. The van der Waals surface area contributed by atoms with E-state index in [0.717, 1.165) is 25.3 Å². The van der Waals surface area contributed by atoms with Crippen molar-refractivity contribution >= 4 is 16.9 Å². The van der Waals surface area contributed by atoms with Gasteiger partial charge in [0.05, 0.1) is 13.0 Å². The number of phenolic OH excluding ortho intramolecular Hbond substituents is 3. The Morgan fingerprint density at radius 1 is 1.00 bits per heavy atom. The first-order valence-corrected chi connectivity index (χ1v) is 12.5. The lowest BCUT2D eigenvalue weighted by molar-refractivity contribution is -0.279. The molecule has 1 aliphatic rings. The van der Waals surface area contributed by atoms with Crippen molar-refractivity contribution < 1.29 is 63.9 Å². The van der Waals surface area contributed by atoms with Gasteiger partial charge in [0.2, 0.25) is 23.2 Å². The molecule has 3 aromatic rings. The minimum Gasteiger partial charge on any atom is -0.504 e. The van der Waals surface area contributed by atoms with E-state index in [1.165, 1.54) is 6.07 Å². The average molecular weight is 579 g/mol. The lowest BCUT2D eigenvalue weighted by Crippen LogP contribution is -2.60. The number of hydrogen-bond acceptors (Lipinski definition) is 14. The Morgan fingerprint density at radius 3 is 2.34 bits per heavy atom. The number of phenols is 3. The Hall–Kier alpha value is -4.24. The van der Waals surface area contributed by atoms with Crippen LogP contribution < -0.4 is 14.9 Å². The van der Waals surface area contributed by atoms with Crippen LogP contribution in [0.15, 0.2) is 33.5 Å². The number of carbonyl (C=O) groups excluding carboxylic acids is 1. The van der Waals surface area contributed by atoms with Gasteiger partial charge in [-0.2, -0.15) is 0 Å². The van der Waals surface area contributed by atoms with E-state index in [1.807, 2.05) is 0 Å². The zero-order valence-corrected chi connectivity index (χ0v) is 22.2. The van der Waals surface area contributed by atoms with Crippen LogP contribution in [-0.2, 0) is 14.3 Å². The smallest absolute Gasteiger partial charge is 0.308 e. The van der Waals surface area contributed by atoms with Gasteiger partial charge in [-0.15, -0.1) is 0 Å². The van der Waals surface area contributed by atoms with Gasteiger partial charge in [0.25, 0.3) is 0 Å². The summed E-state index contributed by atoms with van der Waals surface area (Å²) in [6.07, 6.45) is -7.75. The molecule has 7 N–H and O–H groups in total. The van der Waals surface area contributed by atoms with Crippen molar-refractivity contribution in [3.8, 4) is 45.8 Å². The van der Waals surface area contributed by atoms with Crippen molar-refractivity contribution in [1.82, 2.24) is 0 Å². The molecule has 2 aromatic carbocycles. The molecule has 1 aliphatic heterocycles. The normalized spacial score (nSPS) is 23.2. The highest BCUT2D eigenvalue weighted by molar-refractivity contribution is 5.91. The van der Waals surface area contributed by atoms with E-state index < -0.39 is 94.5 Å². The highest BCUT2D eigenvalue weighted by Crippen LogP contribution is 2.45. The highest BCUT2D eigenvalue weighted by atomic mass is 16.7. The third-order valence-electron chi connectivity index (χ3n) is 6.81. The molecule has 2 heterocycles. The molecule has 0 saturated carbocycles. The number of benzene rings is 2. The first-order valence-electron chi connectivity index (χ1n) is 12.5. The molecule has 0 radical (unpaired) electrons. The molecule has 6 atom stereocenters. The first-order chi connectivity index (χ1) is 19.4. The van der Waals surface area contributed by atoms with Crippen molar-refractivity contribution in [3.05, 3.63) is 34.5 Å². The van der Waals surface area contributed by atoms with E-state index in [1.54, 1.807) is 13.8 Å². The van der Waals surface area contributed by atoms with Gasteiger partial charge in [0.15, 0.2) is 28.8 Å². The number of methoxy groups -OCH3 is 1. The van der Waals surface area contributed by atoms with E-state index in [-0.39, 0.29) is 16.9 Å². The molecule has 1 fully saturated rings. The number of rotatable bonds is 8. The van der Waals surface area contributed by atoms with Gasteiger partial charge in [0, 0.05) is 11.6 Å². The number of ether oxygens (including phenoxy) is 4. The van der Waals surface area contributed by atoms with Crippen molar-refractivity contribution in [2.75, 3.05) is 13.7 Å². The lowest BCUT2D eigenvalue weighted by atomic mass is 9.99. The van der Waals surface area contributed by atoms with Gasteiger partial charge in [-0.05, 0) is 24.6 Å². The Kier molecular flexibility index (Phi) is 8.49. The van der Waals surface area contributed by atoms with Crippen LogP contribution in [0.5, 0.6) is 34.5 Å². The zero-order chi connectivity index (χ0) is 30.2. The zero-order valence-electron chi connectivity index (χ0n) is 22.2. The summed E-state index contributed by atoms with van der Waals surface area (Å²) in [5.41, 5.74) is -1.38. The number of hydrogen-bond donors (Lipinski definition) is 7. The summed E-state index contributed by atoms with van der Waals surface area (Å²) < 4.78 is 27.3. The van der Waals surface area contributed by atoms with Crippen LogP contribution in [-0.4, -0.2) is 86.1 Å². The predicted molar refractivity (Wildman–Crippen MR) is 139 cm³/mol.